The van der Waals surface area contributed by atoms with Crippen molar-refractivity contribution in [2.24, 2.45) is 13.0 Å². The van der Waals surface area contributed by atoms with E-state index in [0.717, 1.165) is 36.5 Å². The third kappa shape index (κ3) is 3.69. The number of carbonyl (C=O) groups excluding carboxylic acids is 1. The predicted octanol–water partition coefficient (Wildman–Crippen LogP) is 2.01. The SMILES string of the molecule is CSC[C@H]1CCCN(C(=O)NCc2cnn(C)c2C)C1. The highest BCUT2D eigenvalue weighted by atomic mass is 32.2. The van der Waals surface area contributed by atoms with Gasteiger partial charge in [-0.05, 0) is 37.7 Å². The normalized spacial score (nSPS) is 19.1. The van der Waals surface area contributed by atoms with E-state index < -0.39 is 0 Å². The van der Waals surface area contributed by atoms with Crippen molar-refractivity contribution in [3.63, 3.8) is 0 Å². The minimum Gasteiger partial charge on any atom is -0.334 e. The molecule has 1 aromatic heterocycles. The summed E-state index contributed by atoms with van der Waals surface area (Å²) < 4.78 is 1.83. The Balaban J connectivity index is 1.84. The number of hydrogen-bond acceptors (Lipinski definition) is 3. The highest BCUT2D eigenvalue weighted by Crippen LogP contribution is 2.19. The molecule has 2 amide bonds. The largest absolute Gasteiger partial charge is 0.334 e. The first-order valence-electron chi connectivity index (χ1n) is 7.11. The van der Waals surface area contributed by atoms with Crippen LogP contribution in [0, 0.1) is 12.8 Å². The molecule has 1 aliphatic rings. The van der Waals surface area contributed by atoms with Gasteiger partial charge in [0.25, 0.3) is 0 Å². The molecule has 0 saturated carbocycles. The number of aryl methyl sites for hydroxylation is 1. The summed E-state index contributed by atoms with van der Waals surface area (Å²) >= 11 is 1.87. The van der Waals surface area contributed by atoms with Gasteiger partial charge in [-0.1, -0.05) is 0 Å². The number of nitrogens with one attached hydrogen (secondary N) is 1. The van der Waals surface area contributed by atoms with Crippen molar-refractivity contribution in [3.8, 4) is 0 Å². The van der Waals surface area contributed by atoms with Gasteiger partial charge in [0, 0.05) is 37.9 Å². The Labute approximate surface area is 125 Å². The van der Waals surface area contributed by atoms with Crippen LogP contribution in [0.1, 0.15) is 24.1 Å². The van der Waals surface area contributed by atoms with Gasteiger partial charge in [0.05, 0.1) is 6.20 Å². The lowest BCUT2D eigenvalue weighted by Gasteiger charge is -2.32. The van der Waals surface area contributed by atoms with Crippen LogP contribution < -0.4 is 5.32 Å². The van der Waals surface area contributed by atoms with E-state index in [-0.39, 0.29) is 6.03 Å². The quantitative estimate of drug-likeness (QED) is 0.925. The maximum absolute atomic E-state index is 12.2. The van der Waals surface area contributed by atoms with E-state index in [1.807, 2.05) is 41.5 Å². The van der Waals surface area contributed by atoms with Gasteiger partial charge in [-0.3, -0.25) is 4.68 Å². The molecule has 0 aliphatic carbocycles. The highest BCUT2D eigenvalue weighted by Gasteiger charge is 2.23. The van der Waals surface area contributed by atoms with E-state index >= 15 is 0 Å². The predicted molar refractivity (Wildman–Crippen MR) is 82.9 cm³/mol. The van der Waals surface area contributed by atoms with Crippen molar-refractivity contribution in [3.05, 3.63) is 17.5 Å². The average Bonchev–Trinajstić information content (AvgIpc) is 2.77. The van der Waals surface area contributed by atoms with Crippen LogP contribution in [-0.4, -0.2) is 45.8 Å². The fourth-order valence-corrected chi connectivity index (χ4v) is 3.37. The number of thioether (sulfide) groups is 1. The molecule has 2 rings (SSSR count). The van der Waals surface area contributed by atoms with Crippen LogP contribution in [0.3, 0.4) is 0 Å². The second kappa shape index (κ2) is 7.02. The van der Waals surface area contributed by atoms with Crippen LogP contribution in [-0.2, 0) is 13.6 Å². The van der Waals surface area contributed by atoms with Gasteiger partial charge in [-0.15, -0.1) is 0 Å². The Morgan fingerprint density at radius 1 is 1.60 bits per heavy atom. The summed E-state index contributed by atoms with van der Waals surface area (Å²) in [6.45, 7) is 4.34. The third-order valence-electron chi connectivity index (χ3n) is 3.98. The fourth-order valence-electron chi connectivity index (χ4n) is 2.62. The van der Waals surface area contributed by atoms with Gasteiger partial charge >= 0.3 is 6.03 Å². The summed E-state index contributed by atoms with van der Waals surface area (Å²) in [4.78, 5) is 14.2. The van der Waals surface area contributed by atoms with E-state index in [1.54, 1.807) is 0 Å². The summed E-state index contributed by atoms with van der Waals surface area (Å²) in [6, 6.07) is 0.0547. The molecular weight excluding hydrogens is 272 g/mol. The Morgan fingerprint density at radius 3 is 3.05 bits per heavy atom. The smallest absolute Gasteiger partial charge is 0.317 e. The van der Waals surface area contributed by atoms with Crippen LogP contribution in [0.25, 0.3) is 0 Å². The van der Waals surface area contributed by atoms with E-state index in [2.05, 4.69) is 16.7 Å². The van der Waals surface area contributed by atoms with Gasteiger partial charge in [0.1, 0.15) is 0 Å². The molecule has 0 bridgehead atoms. The average molecular weight is 296 g/mol. The van der Waals surface area contributed by atoms with E-state index in [9.17, 15) is 4.79 Å². The zero-order valence-electron chi connectivity index (χ0n) is 12.6. The molecule has 6 heteroatoms. The zero-order valence-corrected chi connectivity index (χ0v) is 13.4. The molecule has 1 aliphatic heterocycles. The lowest BCUT2D eigenvalue weighted by Crippen LogP contribution is -2.45. The number of carbonyl (C=O) groups is 1. The van der Waals surface area contributed by atoms with Gasteiger partial charge in [-0.25, -0.2) is 4.79 Å². The first kappa shape index (κ1) is 15.2. The van der Waals surface area contributed by atoms with E-state index in [1.165, 1.54) is 6.42 Å². The van der Waals surface area contributed by atoms with Crippen molar-refractivity contribution in [2.75, 3.05) is 25.1 Å². The maximum atomic E-state index is 12.2. The minimum absolute atomic E-state index is 0.0547. The zero-order chi connectivity index (χ0) is 14.5. The Bertz CT molecular complexity index is 458. The standard InChI is InChI=1S/C14H24N4OS/c1-11-13(8-16-17(11)2)7-15-14(19)18-6-4-5-12(9-18)10-20-3/h8,12H,4-7,9-10H2,1-3H3,(H,15,19)/t12-/m0/s1. The number of urea groups is 1. The third-order valence-corrected chi connectivity index (χ3v) is 4.78. The first-order valence-corrected chi connectivity index (χ1v) is 8.50. The monoisotopic (exact) mass is 296 g/mol. The molecule has 1 saturated heterocycles. The van der Waals surface area contributed by atoms with Crippen LogP contribution in [0.5, 0.6) is 0 Å². The number of piperidine rings is 1. The molecule has 1 atom stereocenters. The molecule has 1 aromatic rings. The van der Waals surface area contributed by atoms with Crippen molar-refractivity contribution < 1.29 is 4.79 Å². The maximum Gasteiger partial charge on any atom is 0.317 e. The number of hydrogen-bond donors (Lipinski definition) is 1. The number of likely N-dealkylation sites (tertiary alicyclic amines) is 1. The van der Waals surface area contributed by atoms with Crippen LogP contribution in [0.4, 0.5) is 4.79 Å². The summed E-state index contributed by atoms with van der Waals surface area (Å²) in [7, 11) is 1.91. The molecule has 0 unspecified atom stereocenters. The molecule has 20 heavy (non-hydrogen) atoms. The minimum atomic E-state index is 0.0547. The summed E-state index contributed by atoms with van der Waals surface area (Å²) in [5, 5.41) is 7.20. The molecule has 0 spiro atoms. The van der Waals surface area contributed by atoms with E-state index in [0.29, 0.717) is 12.5 Å². The number of aromatic nitrogens is 2. The molecule has 0 radical (unpaired) electrons. The first-order chi connectivity index (χ1) is 9.61. The number of amides is 2. The fraction of sp³-hybridized carbons (Fsp3) is 0.714. The molecule has 112 valence electrons. The highest BCUT2D eigenvalue weighted by molar-refractivity contribution is 7.98. The van der Waals surface area contributed by atoms with Gasteiger partial charge < -0.3 is 10.2 Å². The molecule has 5 nitrogen and oxygen atoms in total. The molecule has 2 heterocycles. The summed E-state index contributed by atoms with van der Waals surface area (Å²) in [6.07, 6.45) is 6.31. The van der Waals surface area contributed by atoms with E-state index in [4.69, 9.17) is 0 Å². The Hall–Kier alpha value is -1.17. The van der Waals surface area contributed by atoms with Crippen molar-refractivity contribution >= 4 is 17.8 Å². The van der Waals surface area contributed by atoms with Crippen molar-refractivity contribution in [1.82, 2.24) is 20.0 Å². The van der Waals surface area contributed by atoms with Gasteiger partial charge in [-0.2, -0.15) is 16.9 Å². The molecule has 1 N–H and O–H groups in total. The number of nitrogens with zero attached hydrogens (tertiary/aromatic N) is 3. The Morgan fingerprint density at radius 2 is 2.40 bits per heavy atom. The molecular formula is C14H24N4OS. The topological polar surface area (TPSA) is 50.2 Å². The van der Waals surface area contributed by atoms with Crippen LogP contribution in [0.15, 0.2) is 6.20 Å². The summed E-state index contributed by atoms with van der Waals surface area (Å²) in [5.74, 6) is 1.79. The van der Waals surface area contributed by atoms with Crippen LogP contribution >= 0.6 is 11.8 Å². The number of rotatable bonds is 4. The van der Waals surface area contributed by atoms with Gasteiger partial charge in [0.2, 0.25) is 0 Å². The van der Waals surface area contributed by atoms with Crippen molar-refractivity contribution in [2.45, 2.75) is 26.3 Å². The van der Waals surface area contributed by atoms with Crippen molar-refractivity contribution in [1.29, 1.82) is 0 Å². The molecule has 1 fully saturated rings. The Kier molecular flexibility index (Phi) is 5.34. The lowest BCUT2D eigenvalue weighted by molar-refractivity contribution is 0.170. The second-order valence-corrected chi connectivity index (χ2v) is 6.36. The van der Waals surface area contributed by atoms with Gasteiger partial charge in [0.15, 0.2) is 0 Å². The molecule has 0 aromatic carbocycles. The lowest BCUT2D eigenvalue weighted by atomic mass is 10.0. The summed E-state index contributed by atoms with van der Waals surface area (Å²) in [5.41, 5.74) is 2.18. The van der Waals surface area contributed by atoms with Crippen LogP contribution in [0.2, 0.25) is 0 Å². The second-order valence-electron chi connectivity index (χ2n) is 5.45.